The molecule has 85 heavy (non-hydrogen) atoms. The molecule has 0 aromatic rings. The van der Waals surface area contributed by atoms with E-state index in [0.717, 1.165) is 51.4 Å². The summed E-state index contributed by atoms with van der Waals surface area (Å²) < 4.78 is 5.50. The van der Waals surface area contributed by atoms with Gasteiger partial charge in [0, 0.05) is 12.8 Å². The quantitative estimate of drug-likeness (QED) is 0.0320. The van der Waals surface area contributed by atoms with Crippen molar-refractivity contribution in [2.45, 2.75) is 431 Å². The first-order valence-electron chi connectivity index (χ1n) is 38.4. The fraction of sp³-hybridized carbons (Fsp3) is 0.873. The van der Waals surface area contributed by atoms with Gasteiger partial charge in [0.15, 0.2) is 0 Å². The third kappa shape index (κ3) is 70.8. The molecule has 2 unspecified atom stereocenters. The van der Waals surface area contributed by atoms with Crippen LogP contribution in [0.1, 0.15) is 418 Å². The predicted molar refractivity (Wildman–Crippen MR) is 375 cm³/mol. The van der Waals surface area contributed by atoms with Gasteiger partial charge in [-0.2, -0.15) is 0 Å². The normalized spacial score (nSPS) is 12.8. The Kier molecular flexibility index (Phi) is 72.4. The maximum Gasteiger partial charge on any atom is 0.305 e. The van der Waals surface area contributed by atoms with Crippen molar-refractivity contribution in [2.24, 2.45) is 0 Å². The van der Waals surface area contributed by atoms with Crippen LogP contribution in [0, 0.1) is 0 Å². The minimum Gasteiger partial charge on any atom is -0.466 e. The summed E-state index contributed by atoms with van der Waals surface area (Å²) in [4.78, 5) is 24.6. The van der Waals surface area contributed by atoms with Gasteiger partial charge in [-0.1, -0.05) is 364 Å². The number of hydrogen-bond donors (Lipinski definition) is 3. The number of esters is 1. The fourth-order valence-corrected chi connectivity index (χ4v) is 12.0. The van der Waals surface area contributed by atoms with Crippen molar-refractivity contribution in [1.82, 2.24) is 5.32 Å². The summed E-state index contributed by atoms with van der Waals surface area (Å²) >= 11 is 0. The molecule has 0 bridgehead atoms. The Bertz CT molecular complexity index is 1420. The van der Waals surface area contributed by atoms with E-state index in [9.17, 15) is 19.8 Å². The van der Waals surface area contributed by atoms with Gasteiger partial charge in [0.1, 0.15) is 0 Å². The zero-order chi connectivity index (χ0) is 61.3. The highest BCUT2D eigenvalue weighted by molar-refractivity contribution is 5.76. The minimum absolute atomic E-state index is 0.0125. The summed E-state index contributed by atoms with van der Waals surface area (Å²) in [5.41, 5.74) is 0. The van der Waals surface area contributed by atoms with Crippen LogP contribution in [0.5, 0.6) is 0 Å². The molecule has 500 valence electrons. The van der Waals surface area contributed by atoms with E-state index in [1.54, 1.807) is 6.08 Å². The fourth-order valence-electron chi connectivity index (χ4n) is 12.0. The second-order valence-corrected chi connectivity index (χ2v) is 26.3. The number of hydrogen-bond acceptors (Lipinski definition) is 5. The van der Waals surface area contributed by atoms with Gasteiger partial charge in [-0.25, -0.2) is 0 Å². The Morgan fingerprint density at radius 3 is 0.929 bits per heavy atom. The lowest BCUT2D eigenvalue weighted by Gasteiger charge is -2.20. The van der Waals surface area contributed by atoms with Gasteiger partial charge in [-0.05, 0) is 89.9 Å². The molecule has 1 amide bonds. The van der Waals surface area contributed by atoms with Gasteiger partial charge in [-0.15, -0.1) is 0 Å². The summed E-state index contributed by atoms with van der Waals surface area (Å²) in [5, 5.41) is 23.2. The lowest BCUT2D eigenvalue weighted by atomic mass is 10.0. The average molecular weight is 1190 g/mol. The maximum atomic E-state index is 12.5. The smallest absolute Gasteiger partial charge is 0.305 e. The highest BCUT2D eigenvalue weighted by atomic mass is 16.5. The third-order valence-electron chi connectivity index (χ3n) is 17.8. The first-order chi connectivity index (χ1) is 42.0. The zero-order valence-electron chi connectivity index (χ0n) is 57.4. The van der Waals surface area contributed by atoms with E-state index in [4.69, 9.17) is 4.74 Å². The SMILES string of the molecule is CCCCC/C=C\C/C=C\CCCCCCCCCC(=O)OCCCCCCCCCCCCCCCC/C=C\CCCCCCCCCCCCCCCCCCCC(=O)NC(CO)C(O)/C=C/CCCCCCCCCCCCCCCC. The lowest BCUT2D eigenvalue weighted by Crippen LogP contribution is -2.45. The zero-order valence-corrected chi connectivity index (χ0v) is 57.4. The van der Waals surface area contributed by atoms with Crippen LogP contribution >= 0.6 is 0 Å². The topological polar surface area (TPSA) is 95.9 Å². The van der Waals surface area contributed by atoms with Crippen molar-refractivity contribution >= 4 is 11.9 Å². The number of rotatable bonds is 72. The van der Waals surface area contributed by atoms with Crippen LogP contribution in [0.15, 0.2) is 48.6 Å². The van der Waals surface area contributed by atoms with Crippen molar-refractivity contribution in [3.8, 4) is 0 Å². The van der Waals surface area contributed by atoms with Crippen molar-refractivity contribution in [3.63, 3.8) is 0 Å². The number of amides is 1. The Morgan fingerprint density at radius 1 is 0.329 bits per heavy atom. The first-order valence-corrected chi connectivity index (χ1v) is 38.4. The Labute approximate surface area is 531 Å². The second-order valence-electron chi connectivity index (χ2n) is 26.3. The molecule has 0 saturated heterocycles. The van der Waals surface area contributed by atoms with Crippen LogP contribution in [0.3, 0.4) is 0 Å². The predicted octanol–water partition coefficient (Wildman–Crippen LogP) is 25.2. The Hall–Kier alpha value is -2.18. The van der Waals surface area contributed by atoms with E-state index in [0.29, 0.717) is 19.4 Å². The van der Waals surface area contributed by atoms with E-state index < -0.39 is 12.1 Å². The summed E-state index contributed by atoms with van der Waals surface area (Å²) in [6.45, 7) is 4.91. The molecule has 0 aliphatic heterocycles. The van der Waals surface area contributed by atoms with E-state index in [-0.39, 0.29) is 18.5 Å². The van der Waals surface area contributed by atoms with Crippen molar-refractivity contribution in [2.75, 3.05) is 13.2 Å². The van der Waals surface area contributed by atoms with Crippen LogP contribution < -0.4 is 5.32 Å². The highest BCUT2D eigenvalue weighted by Crippen LogP contribution is 2.19. The Balaban J connectivity index is 3.35. The van der Waals surface area contributed by atoms with Crippen LogP contribution in [0.4, 0.5) is 0 Å². The van der Waals surface area contributed by atoms with E-state index >= 15 is 0 Å². The number of carbonyl (C=O) groups excluding carboxylic acids is 2. The maximum absolute atomic E-state index is 12.5. The molecule has 6 nitrogen and oxygen atoms in total. The van der Waals surface area contributed by atoms with E-state index in [1.807, 2.05) is 6.08 Å². The number of allylic oxidation sites excluding steroid dienone is 7. The molecule has 0 aromatic carbocycles. The molecular formula is C79H149NO5. The molecule has 0 aliphatic rings. The molecule has 0 aromatic heterocycles. The number of ether oxygens (including phenoxy) is 1. The molecule has 3 N–H and O–H groups in total. The molecule has 0 saturated carbocycles. The summed E-state index contributed by atoms with van der Waals surface area (Å²) in [6, 6.07) is -0.626. The third-order valence-corrected chi connectivity index (χ3v) is 17.8. The standard InChI is InChI=1S/C79H149NO5/c1-3-5-7-9-11-13-15-17-19-40-45-49-53-57-61-65-69-73-79(84)85-74-70-66-62-58-54-50-46-42-39-37-35-33-31-29-27-25-23-21-22-24-26-28-30-32-34-36-38-41-44-48-52-56-60-64-68-72-78(83)80-76(75-81)77(82)71-67-63-59-55-51-47-43-20-18-16-14-12-10-8-6-4-2/h11,13,17,19,23,25,67,71,76-77,81-82H,3-10,12,14-16,18,20-22,24,26-66,68-70,72-75H2,1-2H3,(H,80,83)/b13-11-,19-17-,25-23-,71-67+. The molecule has 0 fully saturated rings. The number of nitrogens with one attached hydrogen (secondary N) is 1. The van der Waals surface area contributed by atoms with Crippen LogP contribution in [0.25, 0.3) is 0 Å². The minimum atomic E-state index is -0.842. The monoisotopic (exact) mass is 1190 g/mol. The molecule has 0 spiro atoms. The molecule has 0 radical (unpaired) electrons. The molecular weight excluding hydrogens is 1040 g/mol. The molecule has 0 heterocycles. The van der Waals surface area contributed by atoms with Gasteiger partial charge < -0.3 is 20.3 Å². The molecule has 6 heteroatoms. The Morgan fingerprint density at radius 2 is 0.588 bits per heavy atom. The highest BCUT2D eigenvalue weighted by Gasteiger charge is 2.18. The van der Waals surface area contributed by atoms with Gasteiger partial charge in [-0.3, -0.25) is 9.59 Å². The first kappa shape index (κ1) is 82.8. The number of aliphatic hydroxyl groups excluding tert-OH is 2. The summed E-state index contributed by atoms with van der Waals surface area (Å²) in [5.74, 6) is -0.0493. The van der Waals surface area contributed by atoms with Gasteiger partial charge in [0.2, 0.25) is 5.91 Å². The molecule has 0 aliphatic carbocycles. The summed E-state index contributed by atoms with van der Waals surface area (Å²) in [6.07, 6.45) is 98.0. The van der Waals surface area contributed by atoms with Crippen LogP contribution in [-0.4, -0.2) is 47.4 Å². The summed E-state index contributed by atoms with van der Waals surface area (Å²) in [7, 11) is 0. The van der Waals surface area contributed by atoms with Crippen molar-refractivity contribution in [1.29, 1.82) is 0 Å². The number of unbranched alkanes of at least 4 members (excludes halogenated alkanes) is 55. The molecule has 0 rings (SSSR count). The van der Waals surface area contributed by atoms with E-state index in [2.05, 4.69) is 55.6 Å². The average Bonchev–Trinajstić information content (AvgIpc) is 3.51. The van der Waals surface area contributed by atoms with Crippen LogP contribution in [0.2, 0.25) is 0 Å². The second kappa shape index (κ2) is 74.3. The van der Waals surface area contributed by atoms with Gasteiger partial charge in [0.05, 0.1) is 25.4 Å². The van der Waals surface area contributed by atoms with Crippen molar-refractivity contribution in [3.05, 3.63) is 48.6 Å². The molecule has 2 atom stereocenters. The van der Waals surface area contributed by atoms with Gasteiger partial charge in [0.25, 0.3) is 0 Å². The van der Waals surface area contributed by atoms with Gasteiger partial charge >= 0.3 is 5.97 Å². The van der Waals surface area contributed by atoms with Crippen LogP contribution in [-0.2, 0) is 14.3 Å². The van der Waals surface area contributed by atoms with E-state index in [1.165, 1.54) is 340 Å². The number of carbonyl (C=O) groups is 2. The lowest BCUT2D eigenvalue weighted by molar-refractivity contribution is -0.143. The van der Waals surface area contributed by atoms with Crippen molar-refractivity contribution < 1.29 is 24.5 Å². The number of aliphatic hydroxyl groups is 2. The largest absolute Gasteiger partial charge is 0.466 e.